The van der Waals surface area contributed by atoms with Gasteiger partial charge in [-0.05, 0) is 54.6 Å². The number of carbonyl (C=O) groups excluding carboxylic acids is 2. The number of amides is 2. The number of rotatable bonds is 6. The summed E-state index contributed by atoms with van der Waals surface area (Å²) in [5, 5.41) is 6.53. The average molecular weight is 499 g/mol. The molecule has 0 saturated carbocycles. The largest absolute Gasteiger partial charge is 0.418 e. The summed E-state index contributed by atoms with van der Waals surface area (Å²) in [7, 11) is 0. The topological polar surface area (TPSA) is 70.2 Å². The summed E-state index contributed by atoms with van der Waals surface area (Å²) < 4.78 is 92.8. The van der Waals surface area contributed by atoms with Crippen LogP contribution in [0.25, 0.3) is 0 Å². The van der Waals surface area contributed by atoms with Gasteiger partial charge in [0.2, 0.25) is 5.91 Å². The zero-order valence-electron chi connectivity index (χ0n) is 17.5. The summed E-state index contributed by atoms with van der Waals surface area (Å²) in [4.78, 5) is 24.3. The van der Waals surface area contributed by atoms with Crippen molar-refractivity contribution in [2.75, 3.05) is 22.5 Å². The zero-order chi connectivity index (χ0) is 25.8. The number of carbonyl (C=O) groups is 2. The van der Waals surface area contributed by atoms with Crippen molar-refractivity contribution < 1.29 is 40.3 Å². The van der Waals surface area contributed by atoms with Gasteiger partial charge in [0.1, 0.15) is 5.82 Å². The minimum Gasteiger partial charge on any atom is -0.376 e. The molecular formula is C23H16F7N3O2. The molecule has 0 aliphatic heterocycles. The van der Waals surface area contributed by atoms with Gasteiger partial charge >= 0.3 is 12.4 Å². The minimum atomic E-state index is -4.89. The monoisotopic (exact) mass is 499 g/mol. The summed E-state index contributed by atoms with van der Waals surface area (Å²) in [5.41, 5.74) is -3.61. The molecule has 5 nitrogen and oxygen atoms in total. The molecule has 0 spiro atoms. The van der Waals surface area contributed by atoms with E-state index in [4.69, 9.17) is 0 Å². The predicted molar refractivity (Wildman–Crippen MR) is 114 cm³/mol. The van der Waals surface area contributed by atoms with Crippen LogP contribution in [0.15, 0.2) is 66.7 Å². The first kappa shape index (κ1) is 25.5. The summed E-state index contributed by atoms with van der Waals surface area (Å²) in [6.07, 6.45) is -9.63. The molecule has 3 N–H and O–H groups in total. The van der Waals surface area contributed by atoms with Gasteiger partial charge < -0.3 is 16.0 Å². The summed E-state index contributed by atoms with van der Waals surface area (Å²) in [6.45, 7) is -0.767. The van der Waals surface area contributed by atoms with E-state index in [1.165, 1.54) is 6.07 Å². The summed E-state index contributed by atoms with van der Waals surface area (Å²) in [6, 6.07) is 11.2. The number of hydrogen-bond acceptors (Lipinski definition) is 3. The van der Waals surface area contributed by atoms with Gasteiger partial charge in [0.15, 0.2) is 0 Å². The second kappa shape index (κ2) is 10.0. The van der Waals surface area contributed by atoms with E-state index >= 15 is 0 Å². The molecule has 0 heterocycles. The molecule has 3 rings (SSSR count). The van der Waals surface area contributed by atoms with E-state index in [-0.39, 0.29) is 11.3 Å². The third kappa shape index (κ3) is 6.71. The molecule has 0 atom stereocenters. The highest BCUT2D eigenvalue weighted by atomic mass is 19.4. The Morgan fingerprint density at radius 3 is 1.97 bits per heavy atom. The van der Waals surface area contributed by atoms with Crippen LogP contribution in [0.1, 0.15) is 21.5 Å². The van der Waals surface area contributed by atoms with Crippen molar-refractivity contribution in [3.63, 3.8) is 0 Å². The molecule has 0 fully saturated rings. The average Bonchev–Trinajstić information content (AvgIpc) is 2.77. The number of nitrogens with one attached hydrogen (secondary N) is 3. The fraction of sp³-hybridized carbons (Fsp3) is 0.130. The van der Waals surface area contributed by atoms with Crippen LogP contribution in [-0.4, -0.2) is 18.4 Å². The van der Waals surface area contributed by atoms with Crippen LogP contribution in [0.3, 0.4) is 0 Å². The highest BCUT2D eigenvalue weighted by molar-refractivity contribution is 6.04. The van der Waals surface area contributed by atoms with Crippen molar-refractivity contribution in [2.45, 2.75) is 12.4 Å². The zero-order valence-corrected chi connectivity index (χ0v) is 17.5. The van der Waals surface area contributed by atoms with Crippen LogP contribution in [0, 0.1) is 5.82 Å². The van der Waals surface area contributed by atoms with E-state index in [1.807, 2.05) is 5.32 Å². The first-order valence-electron chi connectivity index (χ1n) is 9.82. The first-order valence-corrected chi connectivity index (χ1v) is 9.82. The third-order valence-electron chi connectivity index (χ3n) is 4.64. The van der Waals surface area contributed by atoms with Gasteiger partial charge in [0.05, 0.1) is 23.4 Å². The molecule has 0 aliphatic carbocycles. The molecule has 35 heavy (non-hydrogen) atoms. The highest BCUT2D eigenvalue weighted by Crippen LogP contribution is 2.37. The smallest absolute Gasteiger partial charge is 0.376 e. The van der Waals surface area contributed by atoms with E-state index in [2.05, 4.69) is 10.6 Å². The number of hydrogen-bond donors (Lipinski definition) is 3. The Hall–Kier alpha value is -4.09. The Balaban J connectivity index is 1.73. The number of anilines is 3. The summed E-state index contributed by atoms with van der Waals surface area (Å²) >= 11 is 0. The van der Waals surface area contributed by atoms with Crippen LogP contribution < -0.4 is 16.0 Å². The fourth-order valence-corrected chi connectivity index (χ4v) is 3.02. The van der Waals surface area contributed by atoms with E-state index < -0.39 is 59.0 Å². The minimum absolute atomic E-state index is 0.0120. The highest BCUT2D eigenvalue weighted by Gasteiger charge is 2.35. The second-order valence-electron chi connectivity index (χ2n) is 7.16. The standard InChI is InChI=1S/C23H16F7N3O2/c24-14-7-5-13(6-8-14)21(35)32-15-9-10-18(17(11-15)23(28,29)30)31-12-20(34)33-19-4-2-1-3-16(19)22(25,26)27/h1-11,31H,12H2,(H,32,35)(H,33,34). The molecule has 0 aliphatic rings. The third-order valence-corrected chi connectivity index (χ3v) is 4.64. The lowest BCUT2D eigenvalue weighted by Crippen LogP contribution is -2.24. The van der Waals surface area contributed by atoms with Gasteiger partial charge in [-0.2, -0.15) is 26.3 Å². The first-order chi connectivity index (χ1) is 16.3. The van der Waals surface area contributed by atoms with Crippen molar-refractivity contribution in [3.8, 4) is 0 Å². The van der Waals surface area contributed by atoms with Crippen LogP contribution in [0.4, 0.5) is 47.8 Å². The van der Waals surface area contributed by atoms with Gasteiger partial charge in [-0.25, -0.2) is 4.39 Å². The van der Waals surface area contributed by atoms with E-state index in [1.54, 1.807) is 0 Å². The molecule has 0 saturated heterocycles. The van der Waals surface area contributed by atoms with Crippen molar-refractivity contribution in [1.82, 2.24) is 0 Å². The predicted octanol–water partition coefficient (Wildman–Crippen LogP) is 6.17. The molecule has 0 bridgehead atoms. The van der Waals surface area contributed by atoms with Crippen molar-refractivity contribution in [2.24, 2.45) is 0 Å². The number of benzene rings is 3. The molecule has 2 amide bonds. The Bertz CT molecular complexity index is 1220. The molecule has 184 valence electrons. The molecular weight excluding hydrogens is 483 g/mol. The van der Waals surface area contributed by atoms with Gasteiger partial charge in [-0.15, -0.1) is 0 Å². The van der Waals surface area contributed by atoms with Crippen LogP contribution in [0.2, 0.25) is 0 Å². The van der Waals surface area contributed by atoms with Crippen molar-refractivity contribution >= 4 is 28.9 Å². The Morgan fingerprint density at radius 1 is 0.714 bits per heavy atom. The van der Waals surface area contributed by atoms with E-state index in [0.717, 1.165) is 54.6 Å². The molecule has 0 radical (unpaired) electrons. The normalized spacial score (nSPS) is 11.6. The van der Waals surface area contributed by atoms with Crippen LogP contribution >= 0.6 is 0 Å². The van der Waals surface area contributed by atoms with E-state index in [0.29, 0.717) is 6.07 Å². The van der Waals surface area contributed by atoms with Gasteiger partial charge in [-0.1, -0.05) is 12.1 Å². The lowest BCUT2D eigenvalue weighted by molar-refractivity contribution is -0.137. The SMILES string of the molecule is O=C(CNc1ccc(NC(=O)c2ccc(F)cc2)cc1C(F)(F)F)Nc1ccccc1C(F)(F)F. The lowest BCUT2D eigenvalue weighted by Gasteiger charge is -2.17. The molecule has 0 unspecified atom stereocenters. The number of halogens is 7. The molecule has 3 aromatic carbocycles. The van der Waals surface area contributed by atoms with Crippen molar-refractivity contribution in [1.29, 1.82) is 0 Å². The van der Waals surface area contributed by atoms with Gasteiger partial charge in [0.25, 0.3) is 5.91 Å². The Labute approximate surface area is 194 Å². The van der Waals surface area contributed by atoms with Crippen LogP contribution in [0.5, 0.6) is 0 Å². The van der Waals surface area contributed by atoms with Crippen molar-refractivity contribution in [3.05, 3.63) is 89.2 Å². The maximum atomic E-state index is 13.6. The second-order valence-corrected chi connectivity index (χ2v) is 7.16. The molecule has 0 aromatic heterocycles. The maximum Gasteiger partial charge on any atom is 0.418 e. The van der Waals surface area contributed by atoms with Gasteiger partial charge in [-0.3, -0.25) is 9.59 Å². The van der Waals surface area contributed by atoms with E-state index in [9.17, 15) is 40.3 Å². The fourth-order valence-electron chi connectivity index (χ4n) is 3.02. The Kier molecular flexibility index (Phi) is 7.32. The molecule has 12 heteroatoms. The summed E-state index contributed by atoms with van der Waals surface area (Å²) in [5.74, 6) is -2.38. The number of para-hydroxylation sites is 1. The van der Waals surface area contributed by atoms with Gasteiger partial charge in [0, 0.05) is 16.9 Å². The van der Waals surface area contributed by atoms with Crippen LogP contribution in [-0.2, 0) is 17.1 Å². The quantitative estimate of drug-likeness (QED) is 0.356. The number of alkyl halides is 6. The molecule has 3 aromatic rings. The lowest BCUT2D eigenvalue weighted by atomic mass is 10.1. The Morgan fingerprint density at radius 2 is 1.34 bits per heavy atom. The maximum absolute atomic E-state index is 13.6.